The third-order valence-corrected chi connectivity index (χ3v) is 8.84. The molecule has 0 aliphatic carbocycles. The fourth-order valence-corrected chi connectivity index (χ4v) is 6.33. The maximum Gasteiger partial charge on any atom is 0.223 e. The van der Waals surface area contributed by atoms with E-state index < -0.39 is 33.3 Å². The molecule has 1 atom stereocenters. The molecule has 0 spiro atoms. The van der Waals surface area contributed by atoms with Crippen LogP contribution in [-0.2, 0) is 15.7 Å². The van der Waals surface area contributed by atoms with E-state index in [0.717, 1.165) is 27.9 Å². The van der Waals surface area contributed by atoms with Gasteiger partial charge >= 0.3 is 0 Å². The van der Waals surface area contributed by atoms with Crippen LogP contribution in [0.1, 0.15) is 0 Å². The van der Waals surface area contributed by atoms with Gasteiger partial charge in [0.1, 0.15) is 22.3 Å². The summed E-state index contributed by atoms with van der Waals surface area (Å²) in [6.07, 6.45) is 3.68. The van der Waals surface area contributed by atoms with Gasteiger partial charge in [-0.05, 0) is 42.7 Å². The summed E-state index contributed by atoms with van der Waals surface area (Å²) >= 11 is 3.14. The summed E-state index contributed by atoms with van der Waals surface area (Å²) in [6.45, 7) is 3.18. The topological polar surface area (TPSA) is 92.3 Å². The third kappa shape index (κ3) is 6.40. The van der Waals surface area contributed by atoms with Crippen molar-refractivity contribution in [3.63, 3.8) is 0 Å². The predicted molar refractivity (Wildman–Crippen MR) is 155 cm³/mol. The van der Waals surface area contributed by atoms with Gasteiger partial charge in [-0.3, -0.25) is 4.72 Å². The first kappa shape index (κ1) is 28.3. The second-order valence-corrected chi connectivity index (χ2v) is 11.7. The molecule has 0 radical (unpaired) electrons. The van der Waals surface area contributed by atoms with Crippen LogP contribution in [0.25, 0.3) is 21.8 Å². The van der Waals surface area contributed by atoms with E-state index in [0.29, 0.717) is 55.7 Å². The Morgan fingerprint density at radius 3 is 2.60 bits per heavy atom. The first-order valence-electron chi connectivity index (χ1n) is 12.3. The van der Waals surface area contributed by atoms with Gasteiger partial charge in [-0.1, -0.05) is 17.4 Å². The van der Waals surface area contributed by atoms with Gasteiger partial charge in [-0.15, -0.1) is 0 Å². The number of aromatic nitrogens is 3. The highest BCUT2D eigenvalue weighted by Gasteiger charge is 2.23. The van der Waals surface area contributed by atoms with Crippen molar-refractivity contribution >= 4 is 50.9 Å². The van der Waals surface area contributed by atoms with Crippen LogP contribution < -0.4 is 14.9 Å². The van der Waals surface area contributed by atoms with Gasteiger partial charge < -0.3 is 15.0 Å². The predicted octanol–water partition coefficient (Wildman–Crippen LogP) is 5.43. The number of nitrogens with zero attached hydrogens (tertiary/aromatic N) is 4. The van der Waals surface area contributed by atoms with Crippen LogP contribution >= 0.6 is 23.1 Å². The molecule has 210 valence electrons. The number of benzene rings is 2. The van der Waals surface area contributed by atoms with Crippen LogP contribution in [-0.4, -0.2) is 64.0 Å². The number of halogens is 3. The molecular formula is C26H25F3N6O2S3. The molecular weight excluding hydrogens is 582 g/mol. The molecule has 5 rings (SSSR count). The summed E-state index contributed by atoms with van der Waals surface area (Å²) in [5.74, 6) is -1.36. The van der Waals surface area contributed by atoms with Crippen LogP contribution in [0.4, 0.5) is 29.9 Å². The maximum atomic E-state index is 14.8. The highest BCUT2D eigenvalue weighted by molar-refractivity contribution is 7.98. The molecule has 0 bridgehead atoms. The number of hydrogen-bond acceptors (Lipinski definition) is 9. The number of morpholine rings is 1. The zero-order valence-corrected chi connectivity index (χ0v) is 23.8. The van der Waals surface area contributed by atoms with Gasteiger partial charge in [0.05, 0.1) is 35.2 Å². The van der Waals surface area contributed by atoms with Gasteiger partial charge in [0.15, 0.2) is 16.1 Å². The summed E-state index contributed by atoms with van der Waals surface area (Å²) in [5, 5.41) is 3.96. The molecule has 1 fully saturated rings. The average Bonchev–Trinajstić information content (AvgIpc) is 3.41. The molecule has 1 unspecified atom stereocenters. The minimum atomic E-state index is -2.39. The first-order valence-corrected chi connectivity index (χ1v) is 15.6. The van der Waals surface area contributed by atoms with E-state index >= 15 is 0 Å². The summed E-state index contributed by atoms with van der Waals surface area (Å²) in [4.78, 5) is 16.0. The Bertz CT molecular complexity index is 1500. The molecule has 2 aromatic carbocycles. The highest BCUT2D eigenvalue weighted by Crippen LogP contribution is 2.41. The van der Waals surface area contributed by atoms with Crippen molar-refractivity contribution in [2.24, 2.45) is 0 Å². The van der Waals surface area contributed by atoms with Crippen molar-refractivity contribution in [2.75, 3.05) is 59.8 Å². The van der Waals surface area contributed by atoms with Crippen molar-refractivity contribution in [2.45, 2.75) is 4.90 Å². The quantitative estimate of drug-likeness (QED) is 0.231. The van der Waals surface area contributed by atoms with Crippen molar-refractivity contribution in [3.05, 3.63) is 66.1 Å². The van der Waals surface area contributed by atoms with Crippen LogP contribution in [0.15, 0.2) is 53.6 Å². The second-order valence-electron chi connectivity index (χ2n) is 8.57. The lowest BCUT2D eigenvalue weighted by Gasteiger charge is -2.26. The van der Waals surface area contributed by atoms with Crippen LogP contribution in [0, 0.1) is 17.5 Å². The number of ether oxygens (including phenoxy) is 1. The fraction of sp³-hybridized carbons (Fsp3) is 0.269. The molecule has 1 saturated heterocycles. The van der Waals surface area contributed by atoms with Gasteiger partial charge in [-0.2, -0.15) is 11.8 Å². The number of hydrogen-bond donors (Lipinski definition) is 2. The Morgan fingerprint density at radius 1 is 1.07 bits per heavy atom. The van der Waals surface area contributed by atoms with Crippen molar-refractivity contribution < 1.29 is 22.1 Å². The molecule has 1 aliphatic rings. The van der Waals surface area contributed by atoms with Crippen molar-refractivity contribution in [1.82, 2.24) is 15.0 Å². The zero-order valence-electron chi connectivity index (χ0n) is 21.3. The summed E-state index contributed by atoms with van der Waals surface area (Å²) < 4.78 is 63.9. The molecule has 2 N–H and O–H groups in total. The van der Waals surface area contributed by atoms with E-state index in [1.54, 1.807) is 30.1 Å². The van der Waals surface area contributed by atoms with Gasteiger partial charge in [0, 0.05) is 37.1 Å². The van der Waals surface area contributed by atoms with Crippen molar-refractivity contribution in [3.8, 4) is 21.8 Å². The lowest BCUT2D eigenvalue weighted by atomic mass is 10.1. The normalized spacial score (nSPS) is 14.2. The lowest BCUT2D eigenvalue weighted by Crippen LogP contribution is -2.36. The van der Waals surface area contributed by atoms with Gasteiger partial charge in [0.25, 0.3) is 0 Å². The minimum absolute atomic E-state index is 0.188. The Morgan fingerprint density at radius 2 is 1.85 bits per heavy atom. The largest absolute Gasteiger partial charge is 0.378 e. The van der Waals surface area contributed by atoms with Gasteiger partial charge in [-0.25, -0.2) is 32.3 Å². The number of nitrogens with one attached hydrogen (secondary N) is 2. The zero-order chi connectivity index (χ0) is 28.1. The van der Waals surface area contributed by atoms with Crippen LogP contribution in [0.5, 0.6) is 0 Å². The third-order valence-electron chi connectivity index (χ3n) is 5.92. The summed E-state index contributed by atoms with van der Waals surface area (Å²) in [7, 11) is -2.39. The maximum absolute atomic E-state index is 14.8. The number of thiazole rings is 1. The summed E-state index contributed by atoms with van der Waals surface area (Å²) in [6, 6.07) is 9.09. The molecule has 14 heteroatoms. The highest BCUT2D eigenvalue weighted by atomic mass is 32.2. The number of anilines is 3. The van der Waals surface area contributed by atoms with Crippen molar-refractivity contribution in [1.29, 1.82) is 0 Å². The Kier molecular flexibility index (Phi) is 9.19. The van der Waals surface area contributed by atoms with E-state index in [4.69, 9.17) is 9.72 Å². The monoisotopic (exact) mass is 606 g/mol. The Labute approximate surface area is 240 Å². The fourth-order valence-electron chi connectivity index (χ4n) is 3.96. The molecule has 3 heterocycles. The molecule has 40 heavy (non-hydrogen) atoms. The molecule has 0 amide bonds. The van der Waals surface area contributed by atoms with E-state index in [9.17, 15) is 17.4 Å². The van der Waals surface area contributed by atoms with Crippen LogP contribution in [0.3, 0.4) is 0 Å². The summed E-state index contributed by atoms with van der Waals surface area (Å²) in [5.41, 5.74) is 1.49. The molecule has 0 saturated carbocycles. The van der Waals surface area contributed by atoms with Crippen LogP contribution in [0.2, 0.25) is 0 Å². The number of thioether (sulfide) groups is 1. The van der Waals surface area contributed by atoms with E-state index in [-0.39, 0.29) is 5.69 Å². The van der Waals surface area contributed by atoms with E-state index in [1.165, 1.54) is 29.5 Å². The van der Waals surface area contributed by atoms with Gasteiger partial charge in [0.2, 0.25) is 5.95 Å². The average molecular weight is 607 g/mol. The van der Waals surface area contributed by atoms with E-state index in [1.807, 2.05) is 6.26 Å². The molecule has 2 aromatic heterocycles. The standard InChI is InChI=1S/C26H25F3N6O2S3/c1-38-14-9-31-25-30-8-7-20(32-25)23-22(33-26(39-23)35-10-12-37-13-11-35)16-5-6-17(27)21(15-16)34-40(36)24-18(28)3-2-4-19(24)29/h2-8,15,34H,9-14H2,1H3,(H,30,31,32). The Hall–Kier alpha value is -3.20. The SMILES string of the molecule is CSCCNc1nccc(-c2sc(N3CCOCC3)nc2-c2ccc(F)c(NS(=O)c3c(F)cccc3F)c2)n1. The molecule has 4 aromatic rings. The second kappa shape index (κ2) is 13.0. The molecule has 1 aliphatic heterocycles. The smallest absolute Gasteiger partial charge is 0.223 e. The Balaban J connectivity index is 1.53. The first-order chi connectivity index (χ1) is 19.4. The van der Waals surface area contributed by atoms with E-state index in [2.05, 4.69) is 24.9 Å². The lowest BCUT2D eigenvalue weighted by molar-refractivity contribution is 0.122. The number of rotatable bonds is 10. The molecule has 8 nitrogen and oxygen atoms in total. The minimum Gasteiger partial charge on any atom is -0.378 e.